The van der Waals surface area contributed by atoms with E-state index in [1.54, 1.807) is 12.2 Å². The molecule has 2 rings (SSSR count). The molecule has 22 heavy (non-hydrogen) atoms. The molecule has 0 saturated carbocycles. The maximum Gasteiger partial charge on any atom is 0.127 e. The lowest BCUT2D eigenvalue weighted by molar-refractivity contribution is 0.444. The van der Waals surface area contributed by atoms with Crippen LogP contribution in [0.25, 0.3) is 0 Å². The molecule has 0 aliphatic carbocycles. The van der Waals surface area contributed by atoms with Gasteiger partial charge in [-0.15, -0.1) is 11.8 Å². The Morgan fingerprint density at radius 2 is 1.95 bits per heavy atom. The van der Waals surface area contributed by atoms with Gasteiger partial charge in [0.25, 0.3) is 0 Å². The number of thioether (sulfide) groups is 2. The Balaban J connectivity index is 0.00000116. The van der Waals surface area contributed by atoms with Gasteiger partial charge in [0.15, 0.2) is 0 Å². The van der Waals surface area contributed by atoms with E-state index >= 15 is 0 Å². The summed E-state index contributed by atoms with van der Waals surface area (Å²) in [6.07, 6.45) is 8.96. The Morgan fingerprint density at radius 1 is 1.27 bits per heavy atom. The quantitative estimate of drug-likeness (QED) is 0.246. The van der Waals surface area contributed by atoms with Gasteiger partial charge in [0, 0.05) is 21.7 Å². The molecule has 1 unspecified atom stereocenters. The zero-order valence-corrected chi connectivity index (χ0v) is 15.0. The molecule has 0 amide bonds. The molecule has 0 radical (unpaired) electrons. The fourth-order valence-corrected chi connectivity index (χ4v) is 3.31. The summed E-state index contributed by atoms with van der Waals surface area (Å²) in [6.45, 7) is 11.3. The van der Waals surface area contributed by atoms with Crippen LogP contribution in [0, 0.1) is 0 Å². The summed E-state index contributed by atoms with van der Waals surface area (Å²) in [4.78, 5) is 1.29. The van der Waals surface area contributed by atoms with Crippen LogP contribution >= 0.6 is 23.5 Å². The zero-order valence-electron chi connectivity index (χ0n) is 13.3. The minimum Gasteiger partial charge on any atom is -0.457 e. The van der Waals surface area contributed by atoms with Gasteiger partial charge in [-0.1, -0.05) is 45.2 Å². The molecule has 1 aliphatic rings. The smallest absolute Gasteiger partial charge is 0.127 e. The molecule has 1 aromatic carbocycles. The second kappa shape index (κ2) is 11.3. The lowest BCUT2D eigenvalue weighted by atomic mass is 10.3. The Labute approximate surface area is 143 Å². The van der Waals surface area contributed by atoms with Crippen molar-refractivity contribution in [2.75, 3.05) is 11.5 Å². The van der Waals surface area contributed by atoms with Crippen molar-refractivity contribution in [3.8, 4) is 5.75 Å². The highest BCUT2D eigenvalue weighted by atomic mass is 32.2. The Hall–Kier alpha value is -1.32. The summed E-state index contributed by atoms with van der Waals surface area (Å²) >= 11 is 3.94. The fraction of sp³-hybridized carbons (Fsp3) is 0.263. The predicted molar refractivity (Wildman–Crippen MR) is 103 cm³/mol. The molecule has 1 heterocycles. The molecule has 1 aromatic rings. The van der Waals surface area contributed by atoms with E-state index in [0.717, 1.165) is 16.8 Å². The lowest BCUT2D eigenvalue weighted by Crippen LogP contribution is -1.92. The van der Waals surface area contributed by atoms with Gasteiger partial charge in [0.1, 0.15) is 11.5 Å². The van der Waals surface area contributed by atoms with Gasteiger partial charge in [-0.2, -0.15) is 11.8 Å². The number of ether oxygens (including phenoxy) is 1. The van der Waals surface area contributed by atoms with Gasteiger partial charge >= 0.3 is 0 Å². The number of allylic oxidation sites excluding steroid dienone is 5. The summed E-state index contributed by atoms with van der Waals surface area (Å²) < 4.78 is 5.79. The highest BCUT2D eigenvalue weighted by molar-refractivity contribution is 8.08. The molecule has 1 saturated heterocycles. The molecule has 1 aliphatic heterocycles. The first-order valence-corrected chi connectivity index (χ1v) is 9.49. The first-order valence-electron chi connectivity index (χ1n) is 7.46. The van der Waals surface area contributed by atoms with Crippen LogP contribution in [0.2, 0.25) is 0 Å². The molecule has 0 aromatic heterocycles. The largest absolute Gasteiger partial charge is 0.457 e. The van der Waals surface area contributed by atoms with Gasteiger partial charge < -0.3 is 4.74 Å². The molecule has 3 heteroatoms. The standard InChI is InChI=1S/C17H18OS2.C2H6/c1-3-5-7-14(6-4-2)18-15-8-10-16(11-9-15)19-12-17-13-20-17;1-2/h3-11,17H,1-2,12-13H2;1-2H3/b7-5-,14-6+;. The highest BCUT2D eigenvalue weighted by Gasteiger charge is 2.21. The van der Waals surface area contributed by atoms with E-state index in [0.29, 0.717) is 0 Å². The molecule has 0 N–H and O–H groups in total. The summed E-state index contributed by atoms with van der Waals surface area (Å²) in [5.41, 5.74) is 0. The molecular formula is C19H24OS2. The second-order valence-corrected chi connectivity index (χ2v) is 6.67. The first kappa shape index (κ1) is 18.7. The van der Waals surface area contributed by atoms with E-state index in [-0.39, 0.29) is 0 Å². The summed E-state index contributed by atoms with van der Waals surface area (Å²) in [7, 11) is 0. The van der Waals surface area contributed by atoms with Crippen LogP contribution in [-0.2, 0) is 0 Å². The van der Waals surface area contributed by atoms with E-state index in [1.165, 1.54) is 16.4 Å². The third-order valence-electron chi connectivity index (χ3n) is 2.58. The fourth-order valence-electron chi connectivity index (χ4n) is 1.50. The van der Waals surface area contributed by atoms with Crippen LogP contribution in [0.4, 0.5) is 0 Å². The molecule has 1 nitrogen and oxygen atoms in total. The Bertz CT molecular complexity index is 511. The third kappa shape index (κ3) is 7.62. The molecule has 0 bridgehead atoms. The number of benzene rings is 1. The number of rotatable bonds is 8. The first-order chi connectivity index (χ1) is 10.8. The SMILES string of the molecule is C=C/C=C\C(=C/C=C)Oc1ccc(SCC2CS2)cc1.CC. The number of hydrogen-bond acceptors (Lipinski definition) is 3. The lowest BCUT2D eigenvalue weighted by Gasteiger charge is -2.07. The summed E-state index contributed by atoms with van der Waals surface area (Å²) in [6, 6.07) is 8.22. The minimum absolute atomic E-state index is 0.745. The molecule has 118 valence electrons. The van der Waals surface area contributed by atoms with Crippen molar-refractivity contribution in [3.63, 3.8) is 0 Å². The van der Waals surface area contributed by atoms with E-state index < -0.39 is 0 Å². The molecule has 0 spiro atoms. The summed E-state index contributed by atoms with van der Waals surface area (Å²) in [5.74, 6) is 4.10. The van der Waals surface area contributed by atoms with Crippen molar-refractivity contribution in [2.24, 2.45) is 0 Å². The average Bonchev–Trinajstić information content (AvgIpc) is 3.38. The van der Waals surface area contributed by atoms with Crippen molar-refractivity contribution < 1.29 is 4.74 Å². The third-order valence-corrected chi connectivity index (χ3v) is 4.93. The van der Waals surface area contributed by atoms with Crippen molar-refractivity contribution in [2.45, 2.75) is 24.0 Å². The van der Waals surface area contributed by atoms with Gasteiger partial charge in [-0.05, 0) is 36.4 Å². The minimum atomic E-state index is 0.745. The van der Waals surface area contributed by atoms with Crippen LogP contribution in [0.3, 0.4) is 0 Å². The van der Waals surface area contributed by atoms with Gasteiger partial charge in [-0.3, -0.25) is 0 Å². The van der Waals surface area contributed by atoms with E-state index in [2.05, 4.69) is 25.3 Å². The van der Waals surface area contributed by atoms with Crippen molar-refractivity contribution in [1.29, 1.82) is 0 Å². The Kier molecular flexibility index (Phi) is 9.60. The van der Waals surface area contributed by atoms with E-state index in [4.69, 9.17) is 4.74 Å². The van der Waals surface area contributed by atoms with Crippen LogP contribution in [-0.4, -0.2) is 16.8 Å². The molecule has 1 fully saturated rings. The van der Waals surface area contributed by atoms with Crippen molar-refractivity contribution >= 4 is 23.5 Å². The van der Waals surface area contributed by atoms with Crippen molar-refractivity contribution in [3.05, 3.63) is 73.6 Å². The van der Waals surface area contributed by atoms with Gasteiger partial charge in [0.2, 0.25) is 0 Å². The topological polar surface area (TPSA) is 9.23 Å². The zero-order chi connectivity index (χ0) is 16.2. The van der Waals surface area contributed by atoms with Crippen LogP contribution in [0.1, 0.15) is 13.8 Å². The molecule has 1 atom stereocenters. The maximum atomic E-state index is 5.79. The highest BCUT2D eigenvalue weighted by Crippen LogP contribution is 2.35. The average molecular weight is 333 g/mol. The summed E-state index contributed by atoms with van der Waals surface area (Å²) in [5, 5.41) is 0.863. The van der Waals surface area contributed by atoms with E-state index in [1.807, 2.05) is 67.7 Å². The second-order valence-electron chi connectivity index (χ2n) is 4.24. The van der Waals surface area contributed by atoms with Crippen LogP contribution < -0.4 is 4.74 Å². The predicted octanol–water partition coefficient (Wildman–Crippen LogP) is 6.11. The maximum absolute atomic E-state index is 5.79. The van der Waals surface area contributed by atoms with Crippen molar-refractivity contribution in [1.82, 2.24) is 0 Å². The van der Waals surface area contributed by atoms with Crippen LogP contribution in [0.15, 0.2) is 78.5 Å². The number of hydrogen-bond donors (Lipinski definition) is 0. The molecular weight excluding hydrogens is 308 g/mol. The normalized spacial score (nSPS) is 16.6. The van der Waals surface area contributed by atoms with Gasteiger partial charge in [-0.25, -0.2) is 0 Å². The Morgan fingerprint density at radius 3 is 2.50 bits per heavy atom. The van der Waals surface area contributed by atoms with Gasteiger partial charge in [0.05, 0.1) is 0 Å². The van der Waals surface area contributed by atoms with Crippen LogP contribution in [0.5, 0.6) is 5.75 Å². The van der Waals surface area contributed by atoms with E-state index in [9.17, 15) is 0 Å². The monoisotopic (exact) mass is 332 g/mol.